The minimum atomic E-state index is -0.557. The zero-order valence-electron chi connectivity index (χ0n) is 13.5. The summed E-state index contributed by atoms with van der Waals surface area (Å²) in [6, 6.07) is 0. The smallest absolute Gasteiger partial charge is 0.310 e. The van der Waals surface area contributed by atoms with Crippen molar-refractivity contribution < 1.29 is 9.90 Å². The summed E-state index contributed by atoms with van der Waals surface area (Å²) in [5, 5.41) is 9.77. The molecule has 1 saturated heterocycles. The van der Waals surface area contributed by atoms with Crippen molar-refractivity contribution in [3.05, 3.63) is 0 Å². The van der Waals surface area contributed by atoms with Crippen LogP contribution in [-0.4, -0.2) is 35.6 Å². The molecule has 1 saturated carbocycles. The van der Waals surface area contributed by atoms with Gasteiger partial charge in [-0.1, -0.05) is 46.5 Å². The van der Waals surface area contributed by atoms with Gasteiger partial charge in [-0.25, -0.2) is 0 Å². The summed E-state index contributed by atoms with van der Waals surface area (Å²) >= 11 is 0. The highest BCUT2D eigenvalue weighted by molar-refractivity contribution is 5.75. The van der Waals surface area contributed by atoms with E-state index in [1.165, 1.54) is 19.3 Å². The van der Waals surface area contributed by atoms with Crippen molar-refractivity contribution in [2.24, 2.45) is 16.7 Å². The van der Waals surface area contributed by atoms with Crippen molar-refractivity contribution >= 4 is 5.97 Å². The van der Waals surface area contributed by atoms with Gasteiger partial charge in [0.15, 0.2) is 0 Å². The first-order valence-corrected chi connectivity index (χ1v) is 8.29. The summed E-state index contributed by atoms with van der Waals surface area (Å²) in [4.78, 5) is 14.3. The predicted molar refractivity (Wildman–Crippen MR) is 81.8 cm³/mol. The number of carboxylic acids is 1. The van der Waals surface area contributed by atoms with Crippen molar-refractivity contribution in [1.29, 1.82) is 0 Å². The molecule has 20 heavy (non-hydrogen) atoms. The number of hydrogen-bond donors (Lipinski definition) is 1. The number of carbonyl (C=O) groups is 1. The average Bonchev–Trinajstić information content (AvgIpc) is 2.68. The highest BCUT2D eigenvalue weighted by Gasteiger charge is 2.42. The van der Waals surface area contributed by atoms with Crippen molar-refractivity contribution in [1.82, 2.24) is 4.90 Å². The van der Waals surface area contributed by atoms with Gasteiger partial charge in [0.05, 0.1) is 5.41 Å². The summed E-state index contributed by atoms with van der Waals surface area (Å²) in [5.41, 5.74) is -0.127. The summed E-state index contributed by atoms with van der Waals surface area (Å²) in [6.45, 7) is 9.85. The molecule has 0 bridgehead atoms. The predicted octanol–water partition coefficient (Wildman–Crippen LogP) is 3.78. The number of aliphatic carboxylic acids is 1. The SMILES string of the molecule is CC(C)(C)C1CCN(CC2(C(=O)O)CCCCCC2)C1. The zero-order chi connectivity index (χ0) is 14.8. The van der Waals surface area contributed by atoms with E-state index in [0.29, 0.717) is 11.3 Å². The Morgan fingerprint density at radius 1 is 1.20 bits per heavy atom. The highest BCUT2D eigenvalue weighted by atomic mass is 16.4. The van der Waals surface area contributed by atoms with Crippen molar-refractivity contribution in [2.45, 2.75) is 65.7 Å². The van der Waals surface area contributed by atoms with Crippen LogP contribution in [0, 0.1) is 16.7 Å². The fourth-order valence-electron chi connectivity index (χ4n) is 3.96. The molecular formula is C17H31NO2. The molecule has 3 nitrogen and oxygen atoms in total. The second-order valence-electron chi connectivity index (χ2n) is 8.09. The van der Waals surface area contributed by atoms with Gasteiger partial charge < -0.3 is 10.0 Å². The van der Waals surface area contributed by atoms with Crippen LogP contribution in [0.3, 0.4) is 0 Å². The Labute approximate surface area is 123 Å². The monoisotopic (exact) mass is 281 g/mol. The van der Waals surface area contributed by atoms with Gasteiger partial charge in [-0.2, -0.15) is 0 Å². The molecule has 1 N–H and O–H groups in total. The molecule has 1 heterocycles. The number of carboxylic acid groups (broad SMARTS) is 1. The fourth-order valence-corrected chi connectivity index (χ4v) is 3.96. The molecule has 2 aliphatic rings. The second-order valence-corrected chi connectivity index (χ2v) is 8.09. The normalized spacial score (nSPS) is 28.2. The first-order chi connectivity index (χ1) is 9.33. The van der Waals surface area contributed by atoms with E-state index in [1.54, 1.807) is 0 Å². The van der Waals surface area contributed by atoms with Crippen LogP contribution in [0.25, 0.3) is 0 Å². The Hall–Kier alpha value is -0.570. The minimum Gasteiger partial charge on any atom is -0.481 e. The lowest BCUT2D eigenvalue weighted by Gasteiger charge is -2.33. The molecule has 2 rings (SSSR count). The van der Waals surface area contributed by atoms with E-state index in [-0.39, 0.29) is 0 Å². The molecule has 1 aliphatic carbocycles. The third-order valence-corrected chi connectivity index (χ3v) is 5.54. The molecule has 116 valence electrons. The van der Waals surface area contributed by atoms with Gasteiger partial charge in [-0.3, -0.25) is 4.79 Å². The average molecular weight is 281 g/mol. The Morgan fingerprint density at radius 3 is 2.25 bits per heavy atom. The molecular weight excluding hydrogens is 250 g/mol. The van der Waals surface area contributed by atoms with Crippen LogP contribution in [0.5, 0.6) is 0 Å². The van der Waals surface area contributed by atoms with Crippen LogP contribution in [-0.2, 0) is 4.79 Å². The standard InChI is InChI=1S/C17H31NO2/c1-16(2,3)14-8-11-18(12-14)13-17(15(19)20)9-6-4-5-7-10-17/h14H,4-13H2,1-3H3,(H,19,20). The van der Waals surface area contributed by atoms with Crippen LogP contribution >= 0.6 is 0 Å². The number of hydrogen-bond acceptors (Lipinski definition) is 2. The quantitative estimate of drug-likeness (QED) is 0.800. The van der Waals surface area contributed by atoms with Crippen LogP contribution in [0.1, 0.15) is 65.7 Å². The summed E-state index contributed by atoms with van der Waals surface area (Å²) in [7, 11) is 0. The molecule has 1 aliphatic heterocycles. The van der Waals surface area contributed by atoms with E-state index < -0.39 is 11.4 Å². The molecule has 0 aromatic rings. The lowest BCUT2D eigenvalue weighted by molar-refractivity contribution is -0.151. The zero-order valence-corrected chi connectivity index (χ0v) is 13.5. The summed E-state index contributed by atoms with van der Waals surface area (Å²) in [6.07, 6.45) is 7.56. The molecule has 0 spiro atoms. The number of likely N-dealkylation sites (tertiary alicyclic amines) is 1. The second kappa shape index (κ2) is 6.05. The van der Waals surface area contributed by atoms with Crippen molar-refractivity contribution in [3.8, 4) is 0 Å². The van der Waals surface area contributed by atoms with Crippen LogP contribution in [0.15, 0.2) is 0 Å². The van der Waals surface area contributed by atoms with Gasteiger partial charge in [0.2, 0.25) is 0 Å². The van der Waals surface area contributed by atoms with Gasteiger partial charge >= 0.3 is 5.97 Å². The lowest BCUT2D eigenvalue weighted by Crippen LogP contribution is -2.42. The van der Waals surface area contributed by atoms with Crippen molar-refractivity contribution in [3.63, 3.8) is 0 Å². The Morgan fingerprint density at radius 2 is 1.80 bits per heavy atom. The third kappa shape index (κ3) is 3.55. The summed E-state index contributed by atoms with van der Waals surface area (Å²) in [5.74, 6) is 0.151. The van der Waals surface area contributed by atoms with Crippen LogP contribution in [0.4, 0.5) is 0 Å². The minimum absolute atomic E-state index is 0.342. The topological polar surface area (TPSA) is 40.5 Å². The van der Waals surface area contributed by atoms with E-state index >= 15 is 0 Å². The first-order valence-electron chi connectivity index (χ1n) is 8.29. The van der Waals surface area contributed by atoms with Gasteiger partial charge in [0.25, 0.3) is 0 Å². The van der Waals surface area contributed by atoms with Gasteiger partial charge in [0.1, 0.15) is 0 Å². The maximum Gasteiger partial charge on any atom is 0.310 e. The van der Waals surface area contributed by atoms with E-state index in [0.717, 1.165) is 45.3 Å². The van der Waals surface area contributed by atoms with Gasteiger partial charge in [-0.05, 0) is 37.1 Å². The van der Waals surface area contributed by atoms with Gasteiger partial charge in [-0.15, -0.1) is 0 Å². The molecule has 0 radical (unpaired) electrons. The molecule has 1 atom stereocenters. The third-order valence-electron chi connectivity index (χ3n) is 5.54. The number of nitrogens with zero attached hydrogens (tertiary/aromatic N) is 1. The van der Waals surface area contributed by atoms with Crippen LogP contribution in [0.2, 0.25) is 0 Å². The lowest BCUT2D eigenvalue weighted by atomic mass is 9.79. The maximum absolute atomic E-state index is 11.9. The summed E-state index contributed by atoms with van der Waals surface area (Å²) < 4.78 is 0. The first kappa shape index (κ1) is 15.8. The molecule has 0 aromatic heterocycles. The van der Waals surface area contributed by atoms with E-state index in [9.17, 15) is 9.90 Å². The maximum atomic E-state index is 11.9. The largest absolute Gasteiger partial charge is 0.481 e. The van der Waals surface area contributed by atoms with Crippen LogP contribution < -0.4 is 0 Å². The van der Waals surface area contributed by atoms with Crippen molar-refractivity contribution in [2.75, 3.05) is 19.6 Å². The van der Waals surface area contributed by atoms with E-state index in [2.05, 4.69) is 25.7 Å². The van der Waals surface area contributed by atoms with Gasteiger partial charge in [0, 0.05) is 13.1 Å². The van der Waals surface area contributed by atoms with E-state index in [4.69, 9.17) is 0 Å². The Balaban J connectivity index is 2.01. The Kier molecular flexibility index (Phi) is 4.78. The number of rotatable bonds is 3. The molecule has 0 amide bonds. The molecule has 3 heteroatoms. The molecule has 0 aromatic carbocycles. The van der Waals surface area contributed by atoms with E-state index in [1.807, 2.05) is 0 Å². The fraction of sp³-hybridized carbons (Fsp3) is 0.941. The highest BCUT2D eigenvalue weighted by Crippen LogP contribution is 2.39. The molecule has 1 unspecified atom stereocenters. The molecule has 2 fully saturated rings. The Bertz CT molecular complexity index is 337.